The van der Waals surface area contributed by atoms with Crippen molar-refractivity contribution in [2.75, 3.05) is 19.6 Å². The average molecular weight is 393 g/mol. The number of nitrogens with zero attached hydrogens (tertiary/aromatic N) is 1. The summed E-state index contributed by atoms with van der Waals surface area (Å²) in [5, 5.41) is 41.6. The number of aliphatic hydroxyl groups excluding tert-OH is 1. The Morgan fingerprint density at radius 2 is 2.04 bits per heavy atom. The smallest absolute Gasteiger partial charge is 0.430 e. The van der Waals surface area contributed by atoms with Gasteiger partial charge in [-0.3, -0.25) is 4.79 Å². The van der Waals surface area contributed by atoms with Gasteiger partial charge in [0, 0.05) is 6.54 Å². The molecular weight excluding hydrogens is 371 g/mol. The third kappa shape index (κ3) is 3.53. The summed E-state index contributed by atoms with van der Waals surface area (Å²) in [5.41, 5.74) is 0.318. The van der Waals surface area contributed by atoms with Gasteiger partial charge < -0.3 is 39.9 Å². The largest absolute Gasteiger partial charge is 0.669 e. The Balaban J connectivity index is 1.45. The highest BCUT2D eigenvalue weighted by Crippen LogP contribution is 2.39. The molecule has 1 aromatic carbocycles. The minimum absolute atomic E-state index is 0.00411. The molecule has 2 unspecified atom stereocenters. The lowest BCUT2D eigenvalue weighted by Crippen LogP contribution is -2.59. The van der Waals surface area contributed by atoms with Crippen molar-refractivity contribution in [2.45, 2.75) is 37.4 Å². The second kappa shape index (κ2) is 6.92. The fraction of sp³-hybridized carbons (Fsp3) is 0.529. The number of carboxylic acid groups (broad SMARTS) is 1. The zero-order valence-electron chi connectivity index (χ0n) is 15.1. The Labute approximate surface area is 160 Å². The van der Waals surface area contributed by atoms with Gasteiger partial charge in [-0.05, 0) is 24.5 Å². The first-order valence-electron chi connectivity index (χ1n) is 9.29. The highest BCUT2D eigenvalue weighted by Gasteiger charge is 2.39. The van der Waals surface area contributed by atoms with Gasteiger partial charge in [0.05, 0.1) is 31.0 Å². The van der Waals surface area contributed by atoms with Crippen molar-refractivity contribution >= 4 is 18.6 Å². The molecule has 3 heterocycles. The van der Waals surface area contributed by atoms with Gasteiger partial charge in [-0.1, -0.05) is 12.4 Å². The standard InChI is InChI=1S/C17H22BN2O8/c21-10-5-12(19-6-10)16(22)20-7-11(8-20)27-13-2-1-9-3-4-18(25,26)28-15(9)14(13)17(23)24/h1-2,10-12,19,21,25-26H,3-8H2,(H,23,24)/q-1. The van der Waals surface area contributed by atoms with E-state index in [2.05, 4.69) is 5.32 Å². The molecule has 0 spiro atoms. The number of aryl methyl sites for hydroxylation is 1. The number of β-amino-alcohol motifs (C(OH)–C–C–N with tert-alkyl or cyclic N) is 1. The summed E-state index contributed by atoms with van der Waals surface area (Å²) in [7, 11) is 0. The number of aromatic carboxylic acids is 1. The summed E-state index contributed by atoms with van der Waals surface area (Å²) in [5.74, 6) is -1.43. The molecule has 0 bridgehead atoms. The number of fused-ring (bicyclic) bond motifs is 1. The number of hydrogen-bond acceptors (Lipinski definition) is 8. The van der Waals surface area contributed by atoms with Crippen LogP contribution in [0.1, 0.15) is 22.3 Å². The number of carbonyl (C=O) groups excluding carboxylic acids is 1. The van der Waals surface area contributed by atoms with Gasteiger partial charge in [0.15, 0.2) is 0 Å². The van der Waals surface area contributed by atoms with E-state index < -0.39 is 24.9 Å². The lowest BCUT2D eigenvalue weighted by molar-refractivity contribution is -0.142. The van der Waals surface area contributed by atoms with Crippen molar-refractivity contribution in [3.05, 3.63) is 23.3 Å². The molecule has 0 radical (unpaired) electrons. The van der Waals surface area contributed by atoms with Crippen molar-refractivity contribution < 1.29 is 39.2 Å². The van der Waals surface area contributed by atoms with Crippen LogP contribution in [0.15, 0.2) is 12.1 Å². The van der Waals surface area contributed by atoms with E-state index in [1.165, 1.54) is 6.07 Å². The first kappa shape index (κ1) is 19.0. The maximum absolute atomic E-state index is 12.3. The first-order valence-corrected chi connectivity index (χ1v) is 9.29. The number of hydrogen-bond donors (Lipinski definition) is 5. The first-order chi connectivity index (χ1) is 13.2. The van der Waals surface area contributed by atoms with Crippen LogP contribution < -0.4 is 14.7 Å². The zero-order valence-corrected chi connectivity index (χ0v) is 15.1. The number of nitrogens with one attached hydrogen (secondary N) is 1. The molecule has 2 atom stereocenters. The number of amides is 1. The Kier molecular flexibility index (Phi) is 4.70. The van der Waals surface area contributed by atoms with Crippen LogP contribution in [0.4, 0.5) is 0 Å². The van der Waals surface area contributed by atoms with Crippen LogP contribution in [0, 0.1) is 0 Å². The van der Waals surface area contributed by atoms with E-state index >= 15 is 0 Å². The molecule has 4 rings (SSSR count). The number of ether oxygens (including phenoxy) is 1. The summed E-state index contributed by atoms with van der Waals surface area (Å²) < 4.78 is 10.9. The molecule has 5 N–H and O–H groups in total. The molecule has 152 valence electrons. The van der Waals surface area contributed by atoms with Crippen LogP contribution in [0.2, 0.25) is 6.32 Å². The van der Waals surface area contributed by atoms with Gasteiger partial charge in [0.25, 0.3) is 0 Å². The number of carboxylic acids is 1. The monoisotopic (exact) mass is 393 g/mol. The molecule has 2 saturated heterocycles. The normalized spacial score (nSPS) is 26.2. The minimum Gasteiger partial charge on any atom is -0.669 e. The number of carbonyl (C=O) groups is 2. The van der Waals surface area contributed by atoms with Crippen LogP contribution in [0.5, 0.6) is 11.5 Å². The zero-order chi connectivity index (χ0) is 20.1. The highest BCUT2D eigenvalue weighted by molar-refractivity contribution is 6.59. The van der Waals surface area contributed by atoms with E-state index in [9.17, 15) is 29.9 Å². The van der Waals surface area contributed by atoms with Gasteiger partial charge in [-0.15, -0.1) is 0 Å². The maximum Gasteiger partial charge on any atom is 0.430 e. The predicted molar refractivity (Wildman–Crippen MR) is 96.1 cm³/mol. The topological polar surface area (TPSA) is 149 Å². The second-order valence-electron chi connectivity index (χ2n) is 7.58. The van der Waals surface area contributed by atoms with Crippen molar-refractivity contribution in [3.63, 3.8) is 0 Å². The highest BCUT2D eigenvalue weighted by atomic mass is 16.6. The second-order valence-corrected chi connectivity index (χ2v) is 7.58. The van der Waals surface area contributed by atoms with Gasteiger partial charge in [-0.25, -0.2) is 4.79 Å². The number of aliphatic hydroxyl groups is 1. The quantitative estimate of drug-likeness (QED) is 0.388. The van der Waals surface area contributed by atoms with Gasteiger partial charge in [0.2, 0.25) is 5.91 Å². The molecule has 2 fully saturated rings. The van der Waals surface area contributed by atoms with E-state index in [0.29, 0.717) is 31.6 Å². The molecule has 3 aliphatic heterocycles. The van der Waals surface area contributed by atoms with E-state index in [-0.39, 0.29) is 41.8 Å². The van der Waals surface area contributed by atoms with Crippen LogP contribution in [-0.4, -0.2) is 81.7 Å². The van der Waals surface area contributed by atoms with Gasteiger partial charge in [0.1, 0.15) is 17.4 Å². The lowest BCUT2D eigenvalue weighted by Gasteiger charge is -2.41. The Morgan fingerprint density at radius 3 is 2.68 bits per heavy atom. The summed E-state index contributed by atoms with van der Waals surface area (Å²) in [6.07, 6.45) is -0.251. The molecule has 3 aliphatic rings. The summed E-state index contributed by atoms with van der Waals surface area (Å²) in [6, 6.07) is 2.76. The Morgan fingerprint density at radius 1 is 1.29 bits per heavy atom. The molecule has 0 aromatic heterocycles. The van der Waals surface area contributed by atoms with Crippen molar-refractivity contribution in [3.8, 4) is 11.5 Å². The lowest BCUT2D eigenvalue weighted by atomic mass is 9.70. The molecule has 1 amide bonds. The summed E-state index contributed by atoms with van der Waals surface area (Å²) in [4.78, 5) is 25.7. The molecule has 1 aromatic rings. The van der Waals surface area contributed by atoms with Crippen LogP contribution in [0.3, 0.4) is 0 Å². The molecule has 0 aliphatic carbocycles. The fourth-order valence-corrected chi connectivity index (χ4v) is 3.83. The number of rotatable bonds is 4. The molecular formula is C17H22BN2O8-. The Bertz CT molecular complexity index is 811. The average Bonchev–Trinajstić information content (AvgIpc) is 3.02. The van der Waals surface area contributed by atoms with E-state index in [1.54, 1.807) is 11.0 Å². The third-order valence-corrected chi connectivity index (χ3v) is 5.37. The predicted octanol–water partition coefficient (Wildman–Crippen LogP) is -1.44. The van der Waals surface area contributed by atoms with Crippen LogP contribution in [0.25, 0.3) is 0 Å². The van der Waals surface area contributed by atoms with Crippen LogP contribution >= 0.6 is 0 Å². The molecule has 11 heteroatoms. The van der Waals surface area contributed by atoms with Crippen LogP contribution in [-0.2, 0) is 11.2 Å². The van der Waals surface area contributed by atoms with Crippen molar-refractivity contribution in [1.29, 1.82) is 0 Å². The van der Waals surface area contributed by atoms with E-state index in [4.69, 9.17) is 9.39 Å². The molecule has 0 saturated carbocycles. The van der Waals surface area contributed by atoms with Gasteiger partial charge >= 0.3 is 12.7 Å². The third-order valence-electron chi connectivity index (χ3n) is 5.37. The van der Waals surface area contributed by atoms with Gasteiger partial charge in [-0.2, -0.15) is 0 Å². The maximum atomic E-state index is 12.3. The molecule has 28 heavy (non-hydrogen) atoms. The number of likely N-dealkylation sites (tertiary alicyclic amines) is 1. The van der Waals surface area contributed by atoms with Crippen molar-refractivity contribution in [2.24, 2.45) is 0 Å². The fourth-order valence-electron chi connectivity index (χ4n) is 3.83. The summed E-state index contributed by atoms with van der Waals surface area (Å²) >= 11 is 0. The molecule has 10 nitrogen and oxygen atoms in total. The van der Waals surface area contributed by atoms with E-state index in [0.717, 1.165) is 0 Å². The SMILES string of the molecule is O=C(O)c1c(OC2CN(C(=O)C3CC(O)CN3)C2)ccc2c1O[B-](O)(O)CC2. The van der Waals surface area contributed by atoms with E-state index in [1.807, 2.05) is 0 Å². The van der Waals surface area contributed by atoms with Crippen molar-refractivity contribution in [1.82, 2.24) is 10.2 Å². The Hall–Kier alpha value is -2.34. The summed E-state index contributed by atoms with van der Waals surface area (Å²) in [6.45, 7) is -2.10. The minimum atomic E-state index is -3.10. The number of benzene rings is 1.